The van der Waals surface area contributed by atoms with E-state index in [1.807, 2.05) is 6.07 Å². The van der Waals surface area contributed by atoms with Gasteiger partial charge in [-0.2, -0.15) is 0 Å². The number of rotatable bonds is 3. The number of amides is 1. The average molecular weight is 356 g/mol. The Bertz CT molecular complexity index is 588. The van der Waals surface area contributed by atoms with Gasteiger partial charge in [0, 0.05) is 4.47 Å². The molecule has 5 nitrogen and oxygen atoms in total. The van der Waals surface area contributed by atoms with Gasteiger partial charge in [-0.1, -0.05) is 28.1 Å². The van der Waals surface area contributed by atoms with E-state index in [0.717, 1.165) is 4.47 Å². The summed E-state index contributed by atoms with van der Waals surface area (Å²) in [5.74, 6) is -1.22. The fraction of sp³-hybridized carbons (Fsp3) is 0.333. The van der Waals surface area contributed by atoms with Crippen LogP contribution in [0, 0.1) is 0 Å². The Morgan fingerprint density at radius 2 is 1.90 bits per heavy atom. The number of carbonyl (C=O) groups excluding carboxylic acids is 1. The molecule has 0 saturated carbocycles. The van der Waals surface area contributed by atoms with Crippen LogP contribution in [0.4, 0.5) is 4.79 Å². The third-order valence-corrected chi connectivity index (χ3v) is 2.97. The van der Waals surface area contributed by atoms with Crippen molar-refractivity contribution in [2.75, 3.05) is 0 Å². The van der Waals surface area contributed by atoms with E-state index in [-0.39, 0.29) is 5.70 Å². The van der Waals surface area contributed by atoms with Gasteiger partial charge in [-0.3, -0.25) is 5.32 Å². The van der Waals surface area contributed by atoms with Crippen LogP contribution in [-0.4, -0.2) is 22.8 Å². The first-order valence-electron chi connectivity index (χ1n) is 6.30. The number of hydrogen-bond acceptors (Lipinski definition) is 3. The van der Waals surface area contributed by atoms with E-state index >= 15 is 0 Å². The van der Waals surface area contributed by atoms with Gasteiger partial charge in [-0.05, 0) is 51.0 Å². The van der Waals surface area contributed by atoms with Crippen molar-refractivity contribution in [1.29, 1.82) is 0 Å². The van der Waals surface area contributed by atoms with Crippen LogP contribution in [0.3, 0.4) is 0 Å². The minimum atomic E-state index is -1.22. The predicted octanol–water partition coefficient (Wildman–Crippen LogP) is 3.79. The maximum absolute atomic E-state index is 11.7. The topological polar surface area (TPSA) is 75.6 Å². The monoisotopic (exact) mass is 355 g/mol. The lowest BCUT2D eigenvalue weighted by atomic mass is 10.1. The molecule has 0 spiro atoms. The maximum Gasteiger partial charge on any atom is 0.412 e. The first-order valence-corrected chi connectivity index (χ1v) is 7.09. The Labute approximate surface area is 132 Å². The summed E-state index contributed by atoms with van der Waals surface area (Å²) in [7, 11) is 0. The van der Waals surface area contributed by atoms with Crippen LogP contribution in [0.15, 0.2) is 34.4 Å². The summed E-state index contributed by atoms with van der Waals surface area (Å²) in [6.07, 6.45) is -0.797. The Balaban J connectivity index is 3.08. The van der Waals surface area contributed by atoms with Crippen LogP contribution in [0.2, 0.25) is 0 Å². The second-order valence-electron chi connectivity index (χ2n) is 5.44. The third kappa shape index (κ3) is 5.59. The number of carboxylic acid groups (broad SMARTS) is 1. The van der Waals surface area contributed by atoms with Crippen LogP contribution in [-0.2, 0) is 9.53 Å². The summed E-state index contributed by atoms with van der Waals surface area (Å²) < 4.78 is 5.89. The summed E-state index contributed by atoms with van der Waals surface area (Å²) in [6.45, 7) is 6.75. The van der Waals surface area contributed by atoms with Gasteiger partial charge in [-0.25, -0.2) is 9.59 Å². The van der Waals surface area contributed by atoms with Gasteiger partial charge in [0.25, 0.3) is 0 Å². The molecule has 21 heavy (non-hydrogen) atoms. The van der Waals surface area contributed by atoms with Crippen LogP contribution < -0.4 is 5.32 Å². The molecular formula is C15H18BrNO4. The van der Waals surface area contributed by atoms with E-state index < -0.39 is 17.7 Å². The van der Waals surface area contributed by atoms with Crippen molar-refractivity contribution in [1.82, 2.24) is 5.32 Å². The minimum absolute atomic E-state index is 0.206. The lowest BCUT2D eigenvalue weighted by Crippen LogP contribution is -2.34. The quantitative estimate of drug-likeness (QED) is 0.808. The maximum atomic E-state index is 11.7. The molecule has 0 bridgehead atoms. The average Bonchev–Trinajstić information content (AvgIpc) is 2.32. The summed E-state index contributed by atoms with van der Waals surface area (Å²) in [5, 5.41) is 11.6. The molecule has 0 aromatic heterocycles. The number of carbonyl (C=O) groups is 2. The second-order valence-corrected chi connectivity index (χ2v) is 6.36. The van der Waals surface area contributed by atoms with Crippen molar-refractivity contribution in [2.45, 2.75) is 33.3 Å². The smallest absolute Gasteiger partial charge is 0.412 e. The first kappa shape index (κ1) is 17.2. The van der Waals surface area contributed by atoms with Crippen LogP contribution in [0.1, 0.15) is 33.3 Å². The van der Waals surface area contributed by atoms with Gasteiger partial charge < -0.3 is 9.84 Å². The van der Waals surface area contributed by atoms with Crippen molar-refractivity contribution >= 4 is 33.6 Å². The zero-order chi connectivity index (χ0) is 16.2. The van der Waals surface area contributed by atoms with Gasteiger partial charge in [0.05, 0.1) is 0 Å². The van der Waals surface area contributed by atoms with Crippen LogP contribution in [0.25, 0.3) is 5.57 Å². The molecule has 2 N–H and O–H groups in total. The first-order chi connectivity index (χ1) is 9.60. The summed E-state index contributed by atoms with van der Waals surface area (Å²) in [6, 6.07) is 7.16. The minimum Gasteiger partial charge on any atom is -0.477 e. The molecule has 0 aliphatic heterocycles. The van der Waals surface area contributed by atoms with E-state index in [2.05, 4.69) is 21.2 Å². The molecule has 114 valence electrons. The van der Waals surface area contributed by atoms with Crippen molar-refractivity contribution in [3.8, 4) is 0 Å². The molecular weight excluding hydrogens is 338 g/mol. The van der Waals surface area contributed by atoms with E-state index in [0.29, 0.717) is 11.1 Å². The molecule has 1 rings (SSSR count). The fourth-order valence-electron chi connectivity index (χ4n) is 1.58. The number of aliphatic carboxylic acids is 1. The molecule has 6 heteroatoms. The van der Waals surface area contributed by atoms with Gasteiger partial charge in [0.15, 0.2) is 0 Å². The SMILES string of the molecule is CC(=C(NC(=O)OC(C)(C)C)C(=O)O)c1cccc(Br)c1. The van der Waals surface area contributed by atoms with Gasteiger partial charge >= 0.3 is 12.1 Å². The van der Waals surface area contributed by atoms with Crippen molar-refractivity contribution in [3.05, 3.63) is 40.0 Å². The lowest BCUT2D eigenvalue weighted by Gasteiger charge is -2.20. The molecule has 0 saturated heterocycles. The standard InChI is InChI=1S/C15H18BrNO4/c1-9(10-6-5-7-11(16)8-10)12(13(18)19)17-14(20)21-15(2,3)4/h5-8H,1-4H3,(H,17,20)(H,18,19). The van der Waals surface area contributed by atoms with Gasteiger partial charge in [-0.15, -0.1) is 0 Å². The number of allylic oxidation sites excluding steroid dienone is 1. The Kier molecular flexibility index (Phi) is 5.54. The normalized spacial score (nSPS) is 12.4. The Morgan fingerprint density at radius 3 is 2.38 bits per heavy atom. The highest BCUT2D eigenvalue weighted by Gasteiger charge is 2.21. The van der Waals surface area contributed by atoms with Crippen molar-refractivity contribution in [3.63, 3.8) is 0 Å². The van der Waals surface area contributed by atoms with E-state index in [4.69, 9.17) is 4.74 Å². The molecule has 0 aliphatic rings. The number of hydrogen-bond donors (Lipinski definition) is 2. The predicted molar refractivity (Wildman–Crippen MR) is 83.7 cm³/mol. The molecule has 0 atom stereocenters. The highest BCUT2D eigenvalue weighted by molar-refractivity contribution is 9.10. The second kappa shape index (κ2) is 6.76. The number of benzene rings is 1. The van der Waals surface area contributed by atoms with E-state index in [9.17, 15) is 14.7 Å². The highest BCUT2D eigenvalue weighted by Crippen LogP contribution is 2.21. The summed E-state index contributed by atoms with van der Waals surface area (Å²) >= 11 is 3.33. The van der Waals surface area contributed by atoms with E-state index in [1.54, 1.807) is 45.9 Å². The molecule has 0 radical (unpaired) electrons. The summed E-state index contributed by atoms with van der Waals surface area (Å²) in [4.78, 5) is 23.1. The van der Waals surface area contributed by atoms with E-state index in [1.165, 1.54) is 0 Å². The zero-order valence-corrected chi connectivity index (χ0v) is 13.9. The number of nitrogens with one attached hydrogen (secondary N) is 1. The highest BCUT2D eigenvalue weighted by atomic mass is 79.9. The summed E-state index contributed by atoms with van der Waals surface area (Å²) in [5.41, 5.74) is 0.229. The van der Waals surface area contributed by atoms with Crippen LogP contribution in [0.5, 0.6) is 0 Å². The largest absolute Gasteiger partial charge is 0.477 e. The lowest BCUT2D eigenvalue weighted by molar-refractivity contribution is -0.133. The number of halogens is 1. The molecule has 1 aromatic carbocycles. The molecule has 0 unspecified atom stereocenters. The Hall–Kier alpha value is -1.82. The molecule has 1 amide bonds. The van der Waals surface area contributed by atoms with Crippen LogP contribution >= 0.6 is 15.9 Å². The number of alkyl carbamates (subject to hydrolysis) is 1. The number of carboxylic acids is 1. The molecule has 0 fully saturated rings. The van der Waals surface area contributed by atoms with Gasteiger partial charge in [0.2, 0.25) is 0 Å². The molecule has 0 aliphatic carbocycles. The third-order valence-electron chi connectivity index (χ3n) is 2.47. The molecule has 1 aromatic rings. The molecule has 0 heterocycles. The fourth-order valence-corrected chi connectivity index (χ4v) is 1.98. The van der Waals surface area contributed by atoms with Crippen molar-refractivity contribution < 1.29 is 19.4 Å². The Morgan fingerprint density at radius 1 is 1.29 bits per heavy atom. The number of ether oxygens (including phenoxy) is 1. The zero-order valence-electron chi connectivity index (χ0n) is 12.4. The van der Waals surface area contributed by atoms with Crippen molar-refractivity contribution in [2.24, 2.45) is 0 Å². The van der Waals surface area contributed by atoms with Gasteiger partial charge in [0.1, 0.15) is 11.3 Å².